The van der Waals surface area contributed by atoms with Crippen LogP contribution >= 0.6 is 7.14 Å². The van der Waals surface area contributed by atoms with E-state index in [1.807, 2.05) is 61.8 Å². The topological polar surface area (TPSA) is 22.0 Å². The monoisotopic (exact) mass is 329 g/mol. The molecule has 0 N–H and O–H groups in total. The molecule has 3 aromatic carbocycles. The number of rotatable bonds is 1. The zero-order valence-electron chi connectivity index (χ0n) is 13.3. The van der Waals surface area contributed by atoms with Crippen LogP contribution in [0.25, 0.3) is 22.0 Å². The third kappa shape index (κ3) is 1.59. The lowest BCUT2D eigenvalue weighted by atomic mass is 10.0. The van der Waals surface area contributed by atoms with Crippen molar-refractivity contribution in [3.63, 3.8) is 0 Å². The molecule has 1 unspecified atom stereocenters. The Bertz CT molecular complexity index is 1140. The number of hydrogen-bond acceptors (Lipinski definition) is 1. The van der Waals surface area contributed by atoms with Gasteiger partial charge in [0.15, 0.2) is 7.14 Å². The highest BCUT2D eigenvalue weighted by Gasteiger charge is 2.39. The van der Waals surface area contributed by atoms with E-state index in [9.17, 15) is 4.57 Å². The molecule has 0 saturated heterocycles. The Morgan fingerprint density at radius 1 is 0.792 bits per heavy atom. The molecular weight excluding hydrogens is 313 g/mol. The van der Waals surface area contributed by atoms with Crippen molar-refractivity contribution >= 4 is 33.8 Å². The molecule has 0 bridgehead atoms. The maximum atomic E-state index is 14.5. The van der Waals surface area contributed by atoms with Crippen LogP contribution in [0, 0.1) is 0 Å². The molecule has 2 nitrogen and oxygen atoms in total. The number of aryl methyl sites for hydroxylation is 1. The summed E-state index contributed by atoms with van der Waals surface area (Å²) in [7, 11) is -0.835. The summed E-state index contributed by atoms with van der Waals surface area (Å²) < 4.78 is 16.6. The normalized spacial score (nSPS) is 18.5. The van der Waals surface area contributed by atoms with Crippen LogP contribution in [0.2, 0.25) is 0 Å². The lowest BCUT2D eigenvalue weighted by Gasteiger charge is -2.28. The minimum atomic E-state index is -2.86. The molecule has 0 saturated carbocycles. The van der Waals surface area contributed by atoms with Gasteiger partial charge in [-0.25, -0.2) is 0 Å². The molecular formula is C21H16NOP. The summed E-state index contributed by atoms with van der Waals surface area (Å²) in [5.74, 6) is 0. The molecule has 24 heavy (non-hydrogen) atoms. The maximum Gasteiger partial charge on any atom is 0.173 e. The Morgan fingerprint density at radius 2 is 1.54 bits per heavy atom. The highest BCUT2D eigenvalue weighted by Crippen LogP contribution is 2.51. The number of aromatic nitrogens is 1. The fourth-order valence-corrected chi connectivity index (χ4v) is 7.05. The van der Waals surface area contributed by atoms with E-state index in [1.165, 1.54) is 5.56 Å². The average molecular weight is 329 g/mol. The summed E-state index contributed by atoms with van der Waals surface area (Å²) in [6.45, 7) is 0. The molecule has 5 rings (SSSR count). The zero-order valence-corrected chi connectivity index (χ0v) is 14.2. The van der Waals surface area contributed by atoms with Gasteiger partial charge >= 0.3 is 0 Å². The smallest absolute Gasteiger partial charge is 0.173 e. The van der Waals surface area contributed by atoms with Gasteiger partial charge in [-0.2, -0.15) is 0 Å². The summed E-state index contributed by atoms with van der Waals surface area (Å²) in [6, 6.07) is 24.4. The highest BCUT2D eigenvalue weighted by atomic mass is 31.2. The first kappa shape index (κ1) is 13.8. The Kier molecular flexibility index (Phi) is 2.72. The minimum Gasteiger partial charge on any atom is -0.350 e. The Hall–Kier alpha value is -2.57. The molecule has 0 amide bonds. The molecule has 1 aliphatic rings. The summed E-state index contributed by atoms with van der Waals surface area (Å²) in [6.07, 6.45) is 2.02. The van der Waals surface area contributed by atoms with Crippen molar-refractivity contribution in [3.05, 3.63) is 79.0 Å². The van der Waals surface area contributed by atoms with Crippen LogP contribution in [-0.2, 0) is 11.6 Å². The third-order valence-electron chi connectivity index (χ3n) is 4.99. The van der Waals surface area contributed by atoms with Crippen LogP contribution in [0.15, 0.2) is 79.0 Å². The molecule has 0 fully saturated rings. The average Bonchev–Trinajstić information content (AvgIpc) is 3.03. The highest BCUT2D eigenvalue weighted by molar-refractivity contribution is 7.86. The van der Waals surface area contributed by atoms with Crippen molar-refractivity contribution in [3.8, 4) is 11.3 Å². The first-order valence-corrected chi connectivity index (χ1v) is 9.76. The van der Waals surface area contributed by atoms with E-state index >= 15 is 0 Å². The van der Waals surface area contributed by atoms with E-state index in [-0.39, 0.29) is 0 Å². The van der Waals surface area contributed by atoms with Gasteiger partial charge in [-0.1, -0.05) is 66.7 Å². The van der Waals surface area contributed by atoms with Crippen molar-refractivity contribution in [1.82, 2.24) is 4.57 Å². The zero-order chi connectivity index (χ0) is 16.3. The summed E-state index contributed by atoms with van der Waals surface area (Å²) >= 11 is 0. The number of hydrogen-bond donors (Lipinski definition) is 0. The van der Waals surface area contributed by atoms with Crippen LogP contribution in [0.4, 0.5) is 0 Å². The Labute approximate surface area is 140 Å². The van der Waals surface area contributed by atoms with Gasteiger partial charge in [0.25, 0.3) is 0 Å². The molecule has 1 aliphatic heterocycles. The van der Waals surface area contributed by atoms with Gasteiger partial charge in [0.1, 0.15) is 0 Å². The SMILES string of the molecule is Cn1ccc2c1-c1cccc3cccc(c13)P2(=O)c1ccccc1. The fourth-order valence-electron chi connectivity index (χ4n) is 3.93. The van der Waals surface area contributed by atoms with Crippen molar-refractivity contribution in [1.29, 1.82) is 0 Å². The molecule has 2 heterocycles. The van der Waals surface area contributed by atoms with Crippen molar-refractivity contribution < 1.29 is 4.57 Å². The summed E-state index contributed by atoms with van der Waals surface area (Å²) in [5.41, 5.74) is 2.25. The largest absolute Gasteiger partial charge is 0.350 e. The molecule has 0 aliphatic carbocycles. The third-order valence-corrected chi connectivity index (χ3v) is 8.10. The van der Waals surface area contributed by atoms with Gasteiger partial charge in [-0.05, 0) is 11.5 Å². The van der Waals surface area contributed by atoms with E-state index in [1.54, 1.807) is 0 Å². The van der Waals surface area contributed by atoms with Crippen LogP contribution < -0.4 is 15.9 Å². The second-order valence-corrected chi connectivity index (χ2v) is 8.98. The lowest BCUT2D eigenvalue weighted by molar-refractivity contribution is 0.592. The number of benzene rings is 3. The van der Waals surface area contributed by atoms with E-state index < -0.39 is 7.14 Å². The van der Waals surface area contributed by atoms with Crippen LogP contribution in [0.5, 0.6) is 0 Å². The van der Waals surface area contributed by atoms with Crippen molar-refractivity contribution in [2.45, 2.75) is 0 Å². The number of fused-ring (bicyclic) bond motifs is 2. The maximum absolute atomic E-state index is 14.5. The minimum absolute atomic E-state index is 0.902. The fraction of sp³-hybridized carbons (Fsp3) is 0.0476. The van der Waals surface area contributed by atoms with E-state index in [0.29, 0.717) is 0 Å². The van der Waals surface area contributed by atoms with Gasteiger partial charge in [-0.15, -0.1) is 0 Å². The lowest BCUT2D eigenvalue weighted by Crippen LogP contribution is -2.29. The molecule has 3 heteroatoms. The van der Waals surface area contributed by atoms with E-state index in [4.69, 9.17) is 0 Å². The van der Waals surface area contributed by atoms with Crippen LogP contribution in [0.3, 0.4) is 0 Å². The Balaban J connectivity index is 2.04. The predicted molar refractivity (Wildman–Crippen MR) is 101 cm³/mol. The molecule has 4 aromatic rings. The predicted octanol–water partition coefficient (Wildman–Crippen LogP) is 3.80. The van der Waals surface area contributed by atoms with Crippen LogP contribution in [-0.4, -0.2) is 4.57 Å². The van der Waals surface area contributed by atoms with E-state index in [0.717, 1.165) is 32.4 Å². The van der Waals surface area contributed by atoms with Crippen molar-refractivity contribution in [2.75, 3.05) is 0 Å². The van der Waals surface area contributed by atoms with Gasteiger partial charge in [0.2, 0.25) is 0 Å². The molecule has 1 aromatic heterocycles. The standard InChI is InChI=1S/C21H16NOP/c1-22-14-13-19-21(22)17-11-5-7-15-8-6-12-18(20(15)17)24(19,23)16-9-3-2-4-10-16/h2-14H,1H3. The van der Waals surface area contributed by atoms with Crippen molar-refractivity contribution in [2.24, 2.45) is 7.05 Å². The second-order valence-electron chi connectivity index (χ2n) is 6.29. The first-order valence-electron chi connectivity index (χ1n) is 8.05. The summed E-state index contributed by atoms with van der Waals surface area (Å²) in [4.78, 5) is 0. The molecule has 1 atom stereocenters. The second kappa shape index (κ2) is 4.72. The Morgan fingerprint density at radius 3 is 2.33 bits per heavy atom. The molecule has 0 spiro atoms. The van der Waals surface area contributed by atoms with Crippen LogP contribution in [0.1, 0.15) is 0 Å². The number of nitrogens with zero attached hydrogens (tertiary/aromatic N) is 1. The van der Waals surface area contributed by atoms with Gasteiger partial charge in [0.05, 0.1) is 5.69 Å². The van der Waals surface area contributed by atoms with Gasteiger partial charge in [0, 0.05) is 40.1 Å². The molecule has 0 radical (unpaired) electrons. The van der Waals surface area contributed by atoms with E-state index in [2.05, 4.69) is 28.8 Å². The van der Waals surface area contributed by atoms with Gasteiger partial charge < -0.3 is 9.13 Å². The molecule has 116 valence electrons. The quantitative estimate of drug-likeness (QED) is 0.429. The first-order chi connectivity index (χ1) is 11.7. The van der Waals surface area contributed by atoms with Gasteiger partial charge in [-0.3, -0.25) is 0 Å². The summed E-state index contributed by atoms with van der Waals surface area (Å²) in [5, 5.41) is 5.08.